The number of aliphatic hydroxyl groups is 1. The summed E-state index contributed by atoms with van der Waals surface area (Å²) in [6.07, 6.45) is 3.96. The van der Waals surface area contributed by atoms with Crippen molar-refractivity contribution in [2.75, 3.05) is 32.1 Å². The Kier molecular flexibility index (Phi) is 6.02. The highest BCUT2D eigenvalue weighted by atomic mass is 32.1. The number of guanidine groups is 1. The third-order valence-electron chi connectivity index (χ3n) is 3.78. The summed E-state index contributed by atoms with van der Waals surface area (Å²) in [6, 6.07) is 0. The van der Waals surface area contributed by atoms with Gasteiger partial charge in [0.1, 0.15) is 0 Å². The monoisotopic (exact) mass is 325 g/mol. The Balaban J connectivity index is 1.91. The number of hydrogen-bond donors (Lipinski definition) is 3. The average molecular weight is 325 g/mol. The number of nitrogens with one attached hydrogen (secondary N) is 2. The number of nitrogens with zero attached hydrogens (tertiary/aromatic N) is 3. The highest BCUT2D eigenvalue weighted by Gasteiger charge is 2.30. The first-order valence-electron chi connectivity index (χ1n) is 7.89. The molecule has 1 saturated carbocycles. The van der Waals surface area contributed by atoms with Crippen LogP contribution in [0.3, 0.4) is 0 Å². The molecular formula is C15H27N5OS. The quantitative estimate of drug-likeness (QED) is 0.547. The molecule has 1 aliphatic rings. The van der Waals surface area contributed by atoms with E-state index < -0.39 is 5.60 Å². The Morgan fingerprint density at radius 1 is 1.41 bits per heavy atom. The van der Waals surface area contributed by atoms with Gasteiger partial charge in [0.25, 0.3) is 0 Å². The number of aliphatic imine (C=N–C) groups is 1. The van der Waals surface area contributed by atoms with Crippen molar-refractivity contribution in [1.82, 2.24) is 15.6 Å². The van der Waals surface area contributed by atoms with Crippen molar-refractivity contribution in [2.45, 2.75) is 44.8 Å². The molecule has 0 aromatic carbocycles. The molecule has 1 heterocycles. The van der Waals surface area contributed by atoms with Crippen molar-refractivity contribution < 1.29 is 5.11 Å². The standard InChI is InChI=1S/C15H27N5OS/c1-4-16-13(18-11-15(21)7-5-6-8-15)17-9-12-10-22-14(19-12)20(2)3/h10,21H,4-9,11H2,1-3H3,(H2,16,17,18). The van der Waals surface area contributed by atoms with E-state index in [-0.39, 0.29) is 0 Å². The van der Waals surface area contributed by atoms with Crippen LogP contribution in [0.1, 0.15) is 38.3 Å². The summed E-state index contributed by atoms with van der Waals surface area (Å²) < 4.78 is 0. The Hall–Kier alpha value is -1.34. The summed E-state index contributed by atoms with van der Waals surface area (Å²) in [5.41, 5.74) is 0.389. The molecule has 1 fully saturated rings. The lowest BCUT2D eigenvalue weighted by Crippen LogP contribution is -2.46. The van der Waals surface area contributed by atoms with Crippen LogP contribution in [0.5, 0.6) is 0 Å². The molecule has 0 saturated heterocycles. The maximum atomic E-state index is 10.4. The molecule has 3 N–H and O–H groups in total. The number of thiazole rings is 1. The highest BCUT2D eigenvalue weighted by molar-refractivity contribution is 7.13. The predicted molar refractivity (Wildman–Crippen MR) is 92.7 cm³/mol. The van der Waals surface area contributed by atoms with E-state index in [1.807, 2.05) is 31.3 Å². The van der Waals surface area contributed by atoms with Crippen LogP contribution < -0.4 is 15.5 Å². The van der Waals surface area contributed by atoms with Crippen molar-refractivity contribution in [2.24, 2.45) is 4.99 Å². The molecule has 124 valence electrons. The first-order valence-corrected chi connectivity index (χ1v) is 8.77. The molecular weight excluding hydrogens is 298 g/mol. The van der Waals surface area contributed by atoms with Crippen LogP contribution in [0.2, 0.25) is 0 Å². The fourth-order valence-electron chi connectivity index (χ4n) is 2.53. The number of rotatable bonds is 6. The first kappa shape index (κ1) is 17.0. The molecule has 0 atom stereocenters. The molecule has 1 aromatic heterocycles. The fraction of sp³-hybridized carbons (Fsp3) is 0.733. The largest absolute Gasteiger partial charge is 0.388 e. The minimum absolute atomic E-state index is 0.540. The van der Waals surface area contributed by atoms with E-state index in [4.69, 9.17) is 0 Å². The fourth-order valence-corrected chi connectivity index (χ4v) is 3.28. The molecule has 7 heteroatoms. The second kappa shape index (κ2) is 7.78. The Bertz CT molecular complexity index is 494. The molecule has 2 rings (SSSR count). The summed E-state index contributed by atoms with van der Waals surface area (Å²) >= 11 is 1.62. The Morgan fingerprint density at radius 2 is 2.14 bits per heavy atom. The van der Waals surface area contributed by atoms with Crippen LogP contribution in [-0.4, -0.2) is 48.8 Å². The van der Waals surface area contributed by atoms with Gasteiger partial charge in [-0.1, -0.05) is 12.8 Å². The van der Waals surface area contributed by atoms with Crippen LogP contribution in [0, 0.1) is 0 Å². The van der Waals surface area contributed by atoms with Crippen molar-refractivity contribution >= 4 is 22.4 Å². The molecule has 1 aromatic rings. The van der Waals surface area contributed by atoms with E-state index >= 15 is 0 Å². The van der Waals surface area contributed by atoms with E-state index in [0.29, 0.717) is 13.1 Å². The summed E-state index contributed by atoms with van der Waals surface area (Å²) in [4.78, 5) is 11.1. The van der Waals surface area contributed by atoms with Crippen LogP contribution in [-0.2, 0) is 6.54 Å². The molecule has 22 heavy (non-hydrogen) atoms. The Morgan fingerprint density at radius 3 is 2.73 bits per heavy atom. The van der Waals surface area contributed by atoms with Crippen molar-refractivity contribution in [3.8, 4) is 0 Å². The van der Waals surface area contributed by atoms with Gasteiger partial charge in [-0.05, 0) is 19.8 Å². The second-order valence-corrected chi connectivity index (χ2v) is 6.83. The summed E-state index contributed by atoms with van der Waals surface area (Å²) in [7, 11) is 3.97. The maximum Gasteiger partial charge on any atom is 0.191 e. The zero-order valence-corrected chi connectivity index (χ0v) is 14.5. The molecule has 1 aliphatic carbocycles. The van der Waals surface area contributed by atoms with Gasteiger partial charge < -0.3 is 20.6 Å². The zero-order valence-electron chi connectivity index (χ0n) is 13.7. The SMILES string of the molecule is CCNC(=NCc1csc(N(C)C)n1)NCC1(O)CCCC1. The van der Waals surface area contributed by atoms with Crippen LogP contribution >= 0.6 is 11.3 Å². The number of anilines is 1. The summed E-state index contributed by atoms with van der Waals surface area (Å²) in [5, 5.41) is 19.9. The lowest BCUT2D eigenvalue weighted by molar-refractivity contribution is 0.0522. The molecule has 0 radical (unpaired) electrons. The predicted octanol–water partition coefficient (Wildman–Crippen LogP) is 1.57. The third-order valence-corrected chi connectivity index (χ3v) is 4.84. The molecule has 0 spiro atoms. The van der Waals surface area contributed by atoms with E-state index in [2.05, 4.69) is 20.6 Å². The molecule has 0 amide bonds. The lowest BCUT2D eigenvalue weighted by atomic mass is 10.0. The van der Waals surface area contributed by atoms with Crippen molar-refractivity contribution in [3.05, 3.63) is 11.1 Å². The van der Waals surface area contributed by atoms with Gasteiger partial charge in [-0.25, -0.2) is 9.98 Å². The first-order chi connectivity index (χ1) is 10.5. The third kappa shape index (κ3) is 4.84. The number of aromatic nitrogens is 1. The van der Waals surface area contributed by atoms with Crippen molar-refractivity contribution in [1.29, 1.82) is 0 Å². The van der Waals surface area contributed by atoms with E-state index in [1.165, 1.54) is 0 Å². The second-order valence-electron chi connectivity index (χ2n) is 6.00. The van der Waals surface area contributed by atoms with Crippen molar-refractivity contribution in [3.63, 3.8) is 0 Å². The number of hydrogen-bond acceptors (Lipinski definition) is 5. The van der Waals surface area contributed by atoms with E-state index in [1.54, 1.807) is 11.3 Å². The molecule has 0 aliphatic heterocycles. The minimum atomic E-state index is -0.574. The summed E-state index contributed by atoms with van der Waals surface area (Å²) in [6.45, 7) is 3.93. The molecule has 0 unspecified atom stereocenters. The van der Waals surface area contributed by atoms with Crippen LogP contribution in [0.4, 0.5) is 5.13 Å². The van der Waals surface area contributed by atoms with Gasteiger partial charge in [-0.15, -0.1) is 11.3 Å². The van der Waals surface area contributed by atoms with Gasteiger partial charge in [0, 0.05) is 32.6 Å². The van der Waals surface area contributed by atoms with Gasteiger partial charge in [0.15, 0.2) is 11.1 Å². The zero-order chi connectivity index (χ0) is 16.0. The smallest absolute Gasteiger partial charge is 0.191 e. The molecule has 0 bridgehead atoms. The van der Waals surface area contributed by atoms with E-state index in [9.17, 15) is 5.11 Å². The maximum absolute atomic E-state index is 10.4. The lowest BCUT2D eigenvalue weighted by Gasteiger charge is -2.23. The van der Waals surface area contributed by atoms with Crippen LogP contribution in [0.15, 0.2) is 10.4 Å². The highest BCUT2D eigenvalue weighted by Crippen LogP contribution is 2.28. The summed E-state index contributed by atoms with van der Waals surface area (Å²) in [5.74, 6) is 0.738. The topological polar surface area (TPSA) is 72.8 Å². The minimum Gasteiger partial charge on any atom is -0.388 e. The van der Waals surface area contributed by atoms with Gasteiger partial charge in [-0.2, -0.15) is 0 Å². The van der Waals surface area contributed by atoms with Gasteiger partial charge in [0.2, 0.25) is 0 Å². The normalized spacial score (nSPS) is 17.5. The van der Waals surface area contributed by atoms with Crippen LogP contribution in [0.25, 0.3) is 0 Å². The van der Waals surface area contributed by atoms with Gasteiger partial charge in [0.05, 0.1) is 17.8 Å². The molecule has 6 nitrogen and oxygen atoms in total. The van der Waals surface area contributed by atoms with Gasteiger partial charge in [-0.3, -0.25) is 0 Å². The average Bonchev–Trinajstić information content (AvgIpc) is 3.11. The van der Waals surface area contributed by atoms with E-state index in [0.717, 1.165) is 49.0 Å². The van der Waals surface area contributed by atoms with Gasteiger partial charge >= 0.3 is 0 Å². The Labute approximate surface area is 136 Å².